The van der Waals surface area contributed by atoms with Gasteiger partial charge < -0.3 is 10.4 Å². The first-order valence-corrected chi connectivity index (χ1v) is 17.4. The highest BCUT2D eigenvalue weighted by atomic mass is 32.2. The third-order valence-corrected chi connectivity index (χ3v) is 6.47. The van der Waals surface area contributed by atoms with Crippen LogP contribution in [0.1, 0.15) is 99.5 Å². The lowest BCUT2D eigenvalue weighted by molar-refractivity contribution is -0.134. The second kappa shape index (κ2) is 33.2. The summed E-state index contributed by atoms with van der Waals surface area (Å²) in [6, 6.07) is 10.0. The Bertz CT molecular complexity index is 1140. The van der Waals surface area contributed by atoms with Crippen LogP contribution in [0.4, 0.5) is 0 Å². The molecule has 45 heavy (non-hydrogen) atoms. The fourth-order valence-corrected chi connectivity index (χ4v) is 4.24. The van der Waals surface area contributed by atoms with E-state index in [1.165, 1.54) is 38.5 Å². The minimum Gasteiger partial charge on any atom is -0.481 e. The van der Waals surface area contributed by atoms with Crippen molar-refractivity contribution in [1.29, 1.82) is 0 Å². The number of allylic oxidation sites excluding steroid dienone is 8. The number of benzene rings is 1. The van der Waals surface area contributed by atoms with Crippen LogP contribution < -0.4 is 10.0 Å². The molecule has 1 aromatic rings. The number of carboxylic acid groups (broad SMARTS) is 1. The molecule has 0 spiro atoms. The Morgan fingerprint density at radius 1 is 1.02 bits per heavy atom. The molecule has 0 saturated heterocycles. The van der Waals surface area contributed by atoms with Gasteiger partial charge in [-0.25, -0.2) is 8.42 Å². The van der Waals surface area contributed by atoms with E-state index in [-0.39, 0.29) is 0 Å². The third kappa shape index (κ3) is 36.4. The fourth-order valence-electron chi connectivity index (χ4n) is 3.69. The Hall–Kier alpha value is -3.65. The average molecular weight is 646 g/mol. The van der Waals surface area contributed by atoms with Gasteiger partial charge in [-0.2, -0.15) is 0 Å². The number of sulfonamides is 1. The maximum Gasteiger partial charge on any atom is 0.300 e. The molecule has 0 amide bonds. The van der Waals surface area contributed by atoms with Crippen molar-refractivity contribution in [2.75, 3.05) is 13.3 Å². The second-order valence-electron chi connectivity index (χ2n) is 9.57. The van der Waals surface area contributed by atoms with Gasteiger partial charge in [-0.05, 0) is 70.1 Å². The van der Waals surface area contributed by atoms with Crippen LogP contribution in [0.5, 0.6) is 0 Å². The van der Waals surface area contributed by atoms with Crippen LogP contribution in [-0.4, -0.2) is 39.1 Å². The minimum absolute atomic E-state index is 0.380. The van der Waals surface area contributed by atoms with E-state index in [1.807, 2.05) is 64.1 Å². The standard InChI is InChI=1S/C11H20.C10H10.C6H12N2.C6H11NO2S.C2H4O2.C2H6/c1-3-10(4-2)11-8-6-5-7-9-11;1-3-9(2)10-7-5-4-6-8-10;1-4-6(2)8-5-7-3;1-4-5-6(2)7-10(3,8)9;1-2(3)4;1-2/h3,11H,4-9H2,1-2H3;3-8H,1-2H2;4-5H,1-3H3,(H,7,8);4-5,7H,2H2,1,3H3;1H3,(H,3,4);1-2H3/b10-3+;;6-4+;5-4+;;. The molecule has 3 N–H and O–H groups in total. The van der Waals surface area contributed by atoms with Crippen LogP contribution in [0, 0.1) is 5.92 Å². The van der Waals surface area contributed by atoms with E-state index < -0.39 is 16.0 Å². The number of nitrogens with zero attached hydrogens (tertiary/aromatic N) is 1. The smallest absolute Gasteiger partial charge is 0.300 e. The summed E-state index contributed by atoms with van der Waals surface area (Å²) in [5.74, 6) is 0.110. The minimum atomic E-state index is -3.15. The molecule has 1 saturated carbocycles. The molecule has 0 heterocycles. The molecule has 0 unspecified atom stereocenters. The van der Waals surface area contributed by atoms with E-state index in [2.05, 4.69) is 54.7 Å². The molecule has 256 valence electrons. The lowest BCUT2D eigenvalue weighted by Crippen LogP contribution is -2.19. The van der Waals surface area contributed by atoms with Gasteiger partial charge in [-0.15, -0.1) is 0 Å². The first kappa shape index (κ1) is 48.3. The second-order valence-corrected chi connectivity index (χ2v) is 11.3. The summed E-state index contributed by atoms with van der Waals surface area (Å²) in [5, 5.41) is 10.4. The van der Waals surface area contributed by atoms with Gasteiger partial charge in [0, 0.05) is 25.4 Å². The van der Waals surface area contributed by atoms with E-state index >= 15 is 0 Å². The zero-order valence-corrected chi connectivity index (χ0v) is 30.6. The van der Waals surface area contributed by atoms with Crippen LogP contribution in [0.15, 0.2) is 102 Å². The zero-order valence-electron chi connectivity index (χ0n) is 29.8. The largest absolute Gasteiger partial charge is 0.481 e. The van der Waals surface area contributed by atoms with Gasteiger partial charge in [0.05, 0.1) is 12.6 Å². The number of aliphatic imine (C=N–C) groups is 1. The first-order chi connectivity index (χ1) is 21.2. The molecule has 1 aliphatic carbocycles. The van der Waals surface area contributed by atoms with Crippen molar-refractivity contribution in [3.8, 4) is 0 Å². The van der Waals surface area contributed by atoms with Crippen molar-refractivity contribution >= 4 is 27.9 Å². The number of carbonyl (C=O) groups is 1. The fraction of sp³-hybridized carbons (Fsp3) is 0.459. The quantitative estimate of drug-likeness (QED) is 0.107. The summed E-state index contributed by atoms with van der Waals surface area (Å²) in [6.07, 6.45) is 20.7. The Labute approximate surface area is 276 Å². The summed E-state index contributed by atoms with van der Waals surface area (Å²) in [7, 11) is -1.41. The third-order valence-electron chi connectivity index (χ3n) is 5.84. The van der Waals surface area contributed by atoms with Crippen molar-refractivity contribution in [2.45, 2.75) is 93.9 Å². The molecule has 0 radical (unpaired) electrons. The summed E-state index contributed by atoms with van der Waals surface area (Å²) in [5.41, 5.74) is 5.31. The van der Waals surface area contributed by atoms with Crippen molar-refractivity contribution in [3.05, 3.63) is 103 Å². The molecule has 0 aromatic heterocycles. The van der Waals surface area contributed by atoms with E-state index in [9.17, 15) is 8.42 Å². The Morgan fingerprint density at radius 2 is 1.53 bits per heavy atom. The topological polar surface area (TPSA) is 108 Å². The Kier molecular flexibility index (Phi) is 35.7. The molecule has 2 rings (SSSR count). The van der Waals surface area contributed by atoms with Gasteiger partial charge in [0.1, 0.15) is 0 Å². The highest BCUT2D eigenvalue weighted by Crippen LogP contribution is 2.30. The predicted molar refractivity (Wildman–Crippen MR) is 200 cm³/mol. The monoisotopic (exact) mass is 645 g/mol. The highest BCUT2D eigenvalue weighted by Gasteiger charge is 2.15. The Balaban J connectivity index is -0.000000236. The van der Waals surface area contributed by atoms with Crippen molar-refractivity contribution in [1.82, 2.24) is 10.0 Å². The zero-order chi connectivity index (χ0) is 35.7. The van der Waals surface area contributed by atoms with E-state index in [4.69, 9.17) is 9.90 Å². The van der Waals surface area contributed by atoms with Crippen LogP contribution in [0.2, 0.25) is 0 Å². The first-order valence-electron chi connectivity index (χ1n) is 15.5. The van der Waals surface area contributed by atoms with Crippen molar-refractivity contribution in [2.24, 2.45) is 10.9 Å². The maximum atomic E-state index is 10.5. The molecule has 0 aliphatic heterocycles. The van der Waals surface area contributed by atoms with Gasteiger partial charge in [-0.3, -0.25) is 14.5 Å². The van der Waals surface area contributed by atoms with Gasteiger partial charge in [0.15, 0.2) is 0 Å². The lowest BCUT2D eigenvalue weighted by Gasteiger charge is -2.23. The summed E-state index contributed by atoms with van der Waals surface area (Å²) in [4.78, 5) is 12.7. The van der Waals surface area contributed by atoms with Crippen molar-refractivity contribution < 1.29 is 18.3 Å². The number of nitrogens with one attached hydrogen (secondary N) is 2. The number of carboxylic acids is 1. The molecule has 0 bridgehead atoms. The number of hydrogen-bond donors (Lipinski definition) is 3. The van der Waals surface area contributed by atoms with Gasteiger partial charge >= 0.3 is 0 Å². The maximum absolute atomic E-state index is 10.5. The van der Waals surface area contributed by atoms with Crippen LogP contribution in [0.3, 0.4) is 0 Å². The van der Waals surface area contributed by atoms with E-state index in [0.29, 0.717) is 5.70 Å². The van der Waals surface area contributed by atoms with Gasteiger partial charge in [0.2, 0.25) is 10.0 Å². The van der Waals surface area contributed by atoms with Crippen LogP contribution in [0.25, 0.3) is 5.57 Å². The van der Waals surface area contributed by atoms with E-state index in [1.54, 1.807) is 44.1 Å². The van der Waals surface area contributed by atoms with Crippen molar-refractivity contribution in [3.63, 3.8) is 0 Å². The van der Waals surface area contributed by atoms with Crippen LogP contribution in [-0.2, 0) is 14.8 Å². The highest BCUT2D eigenvalue weighted by molar-refractivity contribution is 7.88. The molecular formula is C37H63N3O4S. The number of hydrogen-bond acceptors (Lipinski definition) is 4. The molecule has 7 nitrogen and oxygen atoms in total. The van der Waals surface area contributed by atoms with Gasteiger partial charge in [-0.1, -0.05) is 120 Å². The van der Waals surface area contributed by atoms with Gasteiger partial charge in [0.25, 0.3) is 5.97 Å². The molecular weight excluding hydrogens is 582 g/mol. The summed E-state index contributed by atoms with van der Waals surface area (Å²) in [6.45, 7) is 26.2. The molecule has 1 aliphatic rings. The summed E-state index contributed by atoms with van der Waals surface area (Å²) < 4.78 is 23.2. The average Bonchev–Trinajstić information content (AvgIpc) is 3.02. The summed E-state index contributed by atoms with van der Waals surface area (Å²) >= 11 is 0. The predicted octanol–water partition coefficient (Wildman–Crippen LogP) is 9.71. The van der Waals surface area contributed by atoms with Crippen LogP contribution >= 0.6 is 0 Å². The Morgan fingerprint density at radius 3 is 1.89 bits per heavy atom. The number of aliphatic carboxylic acids is 1. The normalized spacial score (nSPS) is 12.9. The van der Waals surface area contributed by atoms with E-state index in [0.717, 1.165) is 35.9 Å². The lowest BCUT2D eigenvalue weighted by atomic mass is 9.83. The molecule has 0 atom stereocenters. The molecule has 1 fully saturated rings. The SMILES string of the molecule is C/C=C(\C)NC=NC.C/C=C(\CC)C1CCCCC1.C=C(/C=C/C)NS(C)(=O)=O.C=CC(=C)c1ccccc1.CC.CC(=O)O. The molecule has 1 aromatic carbocycles. The molecule has 8 heteroatoms. The number of rotatable bonds is 9.